The van der Waals surface area contributed by atoms with Crippen LogP contribution in [0.2, 0.25) is 0 Å². The summed E-state index contributed by atoms with van der Waals surface area (Å²) in [5, 5.41) is 9.14. The minimum Gasteiger partial charge on any atom is -0.445 e. The maximum atomic E-state index is 12.7. The smallest absolute Gasteiger partial charge is 0.410 e. The molecule has 0 radical (unpaired) electrons. The van der Waals surface area contributed by atoms with E-state index in [2.05, 4.69) is 17.8 Å². The number of carbonyl (C=O) groups is 2. The zero-order chi connectivity index (χ0) is 27.1. The van der Waals surface area contributed by atoms with E-state index in [9.17, 15) is 9.59 Å². The second-order valence-corrected chi connectivity index (χ2v) is 11.9. The average Bonchev–Trinajstić information content (AvgIpc) is 3.64. The summed E-state index contributed by atoms with van der Waals surface area (Å²) in [6, 6.07) is 1.86. The summed E-state index contributed by atoms with van der Waals surface area (Å²) in [7, 11) is 0. The second kappa shape index (κ2) is 10.1. The zero-order valence-corrected chi connectivity index (χ0v) is 22.8. The van der Waals surface area contributed by atoms with E-state index in [1.165, 1.54) is 31.8 Å². The first kappa shape index (κ1) is 26.2. The first-order valence-corrected chi connectivity index (χ1v) is 13.5. The van der Waals surface area contributed by atoms with Crippen LogP contribution in [0.15, 0.2) is 29.4 Å². The number of rotatable bonds is 6. The highest BCUT2D eigenvalue weighted by atomic mass is 16.6. The third-order valence-corrected chi connectivity index (χ3v) is 7.82. The molecule has 4 heterocycles. The number of aromatic nitrogens is 4. The Morgan fingerprint density at radius 2 is 1.92 bits per heavy atom. The van der Waals surface area contributed by atoms with Gasteiger partial charge in [-0.3, -0.25) is 4.68 Å². The fraction of sp³-hybridized carbons (Fsp3) is 0.667. The molecule has 11 nitrogen and oxygen atoms in total. The van der Waals surface area contributed by atoms with E-state index >= 15 is 0 Å². The predicted molar refractivity (Wildman–Crippen MR) is 138 cm³/mol. The minimum absolute atomic E-state index is 0.133. The molecule has 3 aliphatic rings. The quantitative estimate of drug-likeness (QED) is 0.506. The summed E-state index contributed by atoms with van der Waals surface area (Å²) in [4.78, 5) is 33.4. The number of nitrogens with zero attached hydrogens (tertiary/aromatic N) is 6. The van der Waals surface area contributed by atoms with E-state index in [0.29, 0.717) is 43.8 Å². The van der Waals surface area contributed by atoms with Crippen LogP contribution in [0.4, 0.5) is 9.59 Å². The molecular formula is C27H38N6O5. The number of likely N-dealkylation sites (tertiary alicyclic amines) is 2. The van der Waals surface area contributed by atoms with Crippen molar-refractivity contribution in [1.82, 2.24) is 29.7 Å². The molecule has 2 amide bonds. The summed E-state index contributed by atoms with van der Waals surface area (Å²) in [5.74, 6) is 1.30. The first-order chi connectivity index (χ1) is 18.1. The Labute approximate surface area is 223 Å². The van der Waals surface area contributed by atoms with Crippen molar-refractivity contribution in [2.24, 2.45) is 5.41 Å². The Balaban J connectivity index is 1.33. The normalized spacial score (nSPS) is 21.9. The topological polar surface area (TPSA) is 116 Å². The van der Waals surface area contributed by atoms with E-state index in [-0.39, 0.29) is 24.7 Å². The van der Waals surface area contributed by atoms with Crippen LogP contribution in [-0.2, 0) is 9.47 Å². The lowest BCUT2D eigenvalue weighted by Gasteiger charge is -2.49. The molecule has 2 saturated heterocycles. The van der Waals surface area contributed by atoms with Gasteiger partial charge >= 0.3 is 12.2 Å². The summed E-state index contributed by atoms with van der Waals surface area (Å²) in [5.41, 5.74) is 0.128. The van der Waals surface area contributed by atoms with Gasteiger partial charge in [0.15, 0.2) is 5.82 Å². The molecule has 1 saturated carbocycles. The van der Waals surface area contributed by atoms with Crippen LogP contribution in [0.3, 0.4) is 0 Å². The fourth-order valence-electron chi connectivity index (χ4n) is 5.85. The van der Waals surface area contributed by atoms with Gasteiger partial charge in [0, 0.05) is 43.7 Å². The van der Waals surface area contributed by atoms with Gasteiger partial charge in [-0.1, -0.05) is 30.7 Å². The first-order valence-electron chi connectivity index (χ1n) is 13.5. The van der Waals surface area contributed by atoms with Crippen molar-refractivity contribution in [3.8, 4) is 0 Å². The Morgan fingerprint density at radius 3 is 2.61 bits per heavy atom. The van der Waals surface area contributed by atoms with Gasteiger partial charge in [-0.15, -0.1) is 0 Å². The van der Waals surface area contributed by atoms with E-state index in [1.807, 2.05) is 38.6 Å². The van der Waals surface area contributed by atoms with Crippen LogP contribution in [-0.4, -0.2) is 80.3 Å². The Bertz CT molecular complexity index is 1170. The molecule has 1 spiro atoms. The minimum atomic E-state index is -0.585. The van der Waals surface area contributed by atoms with Crippen molar-refractivity contribution in [3.63, 3.8) is 0 Å². The number of hydrogen-bond donors (Lipinski definition) is 0. The Kier molecular flexibility index (Phi) is 6.96. The fourth-order valence-corrected chi connectivity index (χ4v) is 5.85. The largest absolute Gasteiger partial charge is 0.445 e. The molecule has 0 N–H and O–H groups in total. The van der Waals surface area contributed by atoms with Crippen molar-refractivity contribution in [2.45, 2.75) is 76.9 Å². The van der Waals surface area contributed by atoms with Crippen LogP contribution < -0.4 is 0 Å². The van der Waals surface area contributed by atoms with Gasteiger partial charge in [-0.05, 0) is 46.6 Å². The van der Waals surface area contributed by atoms with Crippen LogP contribution in [0, 0.1) is 5.41 Å². The highest BCUT2D eigenvalue weighted by Crippen LogP contribution is 2.49. The summed E-state index contributed by atoms with van der Waals surface area (Å²) in [6.45, 7) is 12.9. The van der Waals surface area contributed by atoms with E-state index in [0.717, 1.165) is 5.69 Å². The van der Waals surface area contributed by atoms with Crippen LogP contribution in [0.5, 0.6) is 0 Å². The molecule has 2 aromatic heterocycles. The van der Waals surface area contributed by atoms with E-state index < -0.39 is 17.1 Å². The third-order valence-electron chi connectivity index (χ3n) is 7.82. The van der Waals surface area contributed by atoms with Gasteiger partial charge in [0.1, 0.15) is 18.2 Å². The highest BCUT2D eigenvalue weighted by molar-refractivity contribution is 5.71. The Morgan fingerprint density at radius 1 is 1.21 bits per heavy atom. The summed E-state index contributed by atoms with van der Waals surface area (Å²) in [6.07, 6.45) is 7.61. The maximum Gasteiger partial charge on any atom is 0.410 e. The van der Waals surface area contributed by atoms with Crippen molar-refractivity contribution in [1.29, 1.82) is 0 Å². The molecule has 5 rings (SSSR count). The maximum absolute atomic E-state index is 12.7. The number of hydrogen-bond acceptors (Lipinski definition) is 8. The van der Waals surface area contributed by atoms with Gasteiger partial charge in [0.05, 0.1) is 11.6 Å². The monoisotopic (exact) mass is 526 g/mol. The molecule has 3 fully saturated rings. The van der Waals surface area contributed by atoms with Gasteiger partial charge < -0.3 is 23.8 Å². The molecule has 0 aromatic carbocycles. The molecule has 38 heavy (non-hydrogen) atoms. The lowest BCUT2D eigenvalue weighted by atomic mass is 9.71. The molecule has 206 valence electrons. The SMILES string of the molecule is C=CCOC(=O)N1CC(c2noc(C(C)n3ccc(C4CCCC4)n3)n2)C2(C1)CN(C(=O)OC(C)(C)C)C2. The van der Waals surface area contributed by atoms with Crippen molar-refractivity contribution >= 4 is 12.2 Å². The molecule has 0 bridgehead atoms. The van der Waals surface area contributed by atoms with E-state index in [4.69, 9.17) is 24.1 Å². The molecule has 1 aliphatic carbocycles. The van der Waals surface area contributed by atoms with E-state index in [1.54, 1.807) is 9.80 Å². The number of ether oxygens (including phenoxy) is 2. The molecule has 2 aromatic rings. The molecule has 2 atom stereocenters. The molecular weight excluding hydrogens is 488 g/mol. The van der Waals surface area contributed by atoms with Crippen LogP contribution in [0.25, 0.3) is 0 Å². The van der Waals surface area contributed by atoms with Gasteiger partial charge in [0.25, 0.3) is 5.89 Å². The van der Waals surface area contributed by atoms with Crippen molar-refractivity contribution in [3.05, 3.63) is 42.3 Å². The van der Waals surface area contributed by atoms with Crippen molar-refractivity contribution < 1.29 is 23.6 Å². The lowest BCUT2D eigenvalue weighted by molar-refractivity contribution is -0.0363. The number of carbonyl (C=O) groups excluding carboxylic acids is 2. The molecule has 2 aliphatic heterocycles. The average molecular weight is 527 g/mol. The van der Waals surface area contributed by atoms with Gasteiger partial charge in [-0.25, -0.2) is 9.59 Å². The summed E-state index contributed by atoms with van der Waals surface area (Å²) >= 11 is 0. The van der Waals surface area contributed by atoms with Crippen LogP contribution >= 0.6 is 0 Å². The zero-order valence-electron chi connectivity index (χ0n) is 22.8. The standard InChI is InChI=1S/C27H38N6O5/c1-6-13-36-24(34)31-14-20(27(15-31)16-32(17-27)25(35)37-26(3,4)5)22-28-23(38-30-22)18(2)33-12-11-21(29-33)19-9-7-8-10-19/h6,11-12,18-20H,1,7-10,13-17H2,2-5H3. The summed E-state index contributed by atoms with van der Waals surface area (Å²) < 4.78 is 18.4. The second-order valence-electron chi connectivity index (χ2n) is 11.9. The van der Waals surface area contributed by atoms with Gasteiger partial charge in [0.2, 0.25) is 0 Å². The van der Waals surface area contributed by atoms with Gasteiger partial charge in [-0.2, -0.15) is 10.1 Å². The van der Waals surface area contributed by atoms with Crippen LogP contribution in [0.1, 0.15) is 88.7 Å². The molecule has 2 unspecified atom stereocenters. The molecule has 11 heteroatoms. The number of amides is 2. The third kappa shape index (κ3) is 5.15. The Hall–Kier alpha value is -3.37. The predicted octanol–water partition coefficient (Wildman–Crippen LogP) is 4.49. The lowest BCUT2D eigenvalue weighted by Crippen LogP contribution is -2.62. The highest BCUT2D eigenvalue weighted by Gasteiger charge is 2.59. The van der Waals surface area contributed by atoms with Crippen molar-refractivity contribution in [2.75, 3.05) is 32.8 Å².